The zero-order valence-corrected chi connectivity index (χ0v) is 15.6. The van der Waals surface area contributed by atoms with E-state index in [9.17, 15) is 4.79 Å². The molecule has 3 aromatic rings. The third-order valence-corrected chi connectivity index (χ3v) is 4.13. The van der Waals surface area contributed by atoms with E-state index in [0.717, 1.165) is 11.1 Å². The van der Waals surface area contributed by atoms with Crippen LogP contribution in [-0.4, -0.2) is 17.5 Å². The number of benzene rings is 2. The van der Waals surface area contributed by atoms with Gasteiger partial charge in [0.15, 0.2) is 0 Å². The first kappa shape index (κ1) is 18.6. The van der Waals surface area contributed by atoms with Crippen LogP contribution in [0, 0.1) is 5.92 Å². The Balaban J connectivity index is 1.82. The summed E-state index contributed by atoms with van der Waals surface area (Å²) in [7, 11) is 0. The van der Waals surface area contributed by atoms with Gasteiger partial charge >= 0.3 is 0 Å². The summed E-state index contributed by atoms with van der Waals surface area (Å²) in [6, 6.07) is 20.8. The molecular weight excluding hydrogens is 336 g/mol. The van der Waals surface area contributed by atoms with Gasteiger partial charge in [-0.1, -0.05) is 50.2 Å². The second kappa shape index (κ2) is 8.99. The van der Waals surface area contributed by atoms with Gasteiger partial charge in [0.05, 0.1) is 12.6 Å². The number of carbonyl (C=O) groups excluding carboxylic acids is 1. The monoisotopic (exact) mass is 360 g/mol. The lowest BCUT2D eigenvalue weighted by atomic mass is 9.99. The SMILES string of the molecule is CC(C)COc1cccc(C(=O)NC(c2ccccc2)c2ccncc2)c1. The van der Waals surface area contributed by atoms with Crippen molar-refractivity contribution in [1.82, 2.24) is 10.3 Å². The van der Waals surface area contributed by atoms with E-state index in [1.165, 1.54) is 0 Å². The van der Waals surface area contributed by atoms with Crippen molar-refractivity contribution in [3.05, 3.63) is 95.8 Å². The van der Waals surface area contributed by atoms with Gasteiger partial charge in [-0.2, -0.15) is 0 Å². The van der Waals surface area contributed by atoms with Crippen molar-refractivity contribution in [2.24, 2.45) is 5.92 Å². The molecule has 1 aromatic heterocycles. The molecule has 0 bridgehead atoms. The van der Waals surface area contributed by atoms with Gasteiger partial charge in [-0.15, -0.1) is 0 Å². The molecule has 1 amide bonds. The fourth-order valence-corrected chi connectivity index (χ4v) is 2.76. The summed E-state index contributed by atoms with van der Waals surface area (Å²) >= 11 is 0. The number of amides is 1. The average Bonchev–Trinajstić information content (AvgIpc) is 2.72. The molecule has 0 saturated heterocycles. The van der Waals surface area contributed by atoms with Crippen LogP contribution >= 0.6 is 0 Å². The molecule has 4 heteroatoms. The fraction of sp³-hybridized carbons (Fsp3) is 0.217. The number of nitrogens with zero attached hydrogens (tertiary/aromatic N) is 1. The minimum absolute atomic E-state index is 0.143. The predicted molar refractivity (Wildman–Crippen MR) is 107 cm³/mol. The lowest BCUT2D eigenvalue weighted by Gasteiger charge is -2.20. The first-order valence-corrected chi connectivity index (χ1v) is 9.12. The lowest BCUT2D eigenvalue weighted by Crippen LogP contribution is -2.29. The Morgan fingerprint density at radius 2 is 1.67 bits per heavy atom. The minimum Gasteiger partial charge on any atom is -0.493 e. The summed E-state index contributed by atoms with van der Waals surface area (Å²) < 4.78 is 5.74. The highest BCUT2D eigenvalue weighted by molar-refractivity contribution is 5.95. The molecule has 1 atom stereocenters. The number of nitrogens with one attached hydrogen (secondary N) is 1. The van der Waals surface area contributed by atoms with E-state index in [2.05, 4.69) is 24.1 Å². The number of carbonyl (C=O) groups is 1. The Hall–Kier alpha value is -3.14. The summed E-state index contributed by atoms with van der Waals surface area (Å²) in [6.07, 6.45) is 3.47. The van der Waals surface area contributed by atoms with Crippen molar-refractivity contribution in [2.75, 3.05) is 6.61 Å². The van der Waals surface area contributed by atoms with Crippen LogP contribution in [0.2, 0.25) is 0 Å². The van der Waals surface area contributed by atoms with E-state index in [-0.39, 0.29) is 11.9 Å². The van der Waals surface area contributed by atoms with Crippen LogP contribution in [0.4, 0.5) is 0 Å². The molecule has 2 aromatic carbocycles. The molecule has 1 N–H and O–H groups in total. The van der Waals surface area contributed by atoms with Crippen molar-refractivity contribution in [2.45, 2.75) is 19.9 Å². The highest BCUT2D eigenvalue weighted by atomic mass is 16.5. The fourth-order valence-electron chi connectivity index (χ4n) is 2.76. The molecule has 3 rings (SSSR count). The number of hydrogen-bond acceptors (Lipinski definition) is 3. The number of aromatic nitrogens is 1. The quantitative estimate of drug-likeness (QED) is 0.668. The van der Waals surface area contributed by atoms with Crippen LogP contribution in [0.3, 0.4) is 0 Å². The standard InChI is InChI=1S/C23H24N2O2/c1-17(2)16-27-21-10-6-9-20(15-21)23(26)25-22(18-7-4-3-5-8-18)19-11-13-24-14-12-19/h3-15,17,22H,16H2,1-2H3,(H,25,26). The van der Waals surface area contributed by atoms with Crippen molar-refractivity contribution in [3.8, 4) is 5.75 Å². The molecule has 0 aliphatic heterocycles. The highest BCUT2D eigenvalue weighted by Gasteiger charge is 2.18. The maximum absolute atomic E-state index is 12.9. The second-order valence-corrected chi connectivity index (χ2v) is 6.83. The first-order chi connectivity index (χ1) is 13.1. The van der Waals surface area contributed by atoms with Gasteiger partial charge in [0.2, 0.25) is 0 Å². The molecule has 1 unspecified atom stereocenters. The molecular formula is C23H24N2O2. The molecule has 0 aliphatic carbocycles. The maximum atomic E-state index is 12.9. The largest absolute Gasteiger partial charge is 0.493 e. The van der Waals surface area contributed by atoms with E-state index in [1.54, 1.807) is 24.5 Å². The van der Waals surface area contributed by atoms with Crippen molar-refractivity contribution < 1.29 is 9.53 Å². The molecule has 27 heavy (non-hydrogen) atoms. The van der Waals surface area contributed by atoms with Gasteiger partial charge < -0.3 is 10.1 Å². The summed E-state index contributed by atoms with van der Waals surface area (Å²) in [5, 5.41) is 3.14. The minimum atomic E-state index is -0.248. The van der Waals surface area contributed by atoms with Crippen LogP contribution in [-0.2, 0) is 0 Å². The second-order valence-electron chi connectivity index (χ2n) is 6.83. The molecule has 1 heterocycles. The summed E-state index contributed by atoms with van der Waals surface area (Å²) in [6.45, 7) is 4.81. The van der Waals surface area contributed by atoms with E-state index in [1.807, 2.05) is 54.6 Å². The zero-order valence-electron chi connectivity index (χ0n) is 15.6. The van der Waals surface area contributed by atoms with E-state index < -0.39 is 0 Å². The highest BCUT2D eigenvalue weighted by Crippen LogP contribution is 2.22. The summed E-state index contributed by atoms with van der Waals surface area (Å²) in [5.41, 5.74) is 2.58. The van der Waals surface area contributed by atoms with Crippen LogP contribution in [0.25, 0.3) is 0 Å². The van der Waals surface area contributed by atoms with Crippen LogP contribution in [0.1, 0.15) is 41.4 Å². The Kier molecular flexibility index (Phi) is 6.21. The molecule has 0 aliphatic rings. The third-order valence-electron chi connectivity index (χ3n) is 4.13. The number of rotatable bonds is 7. The van der Waals surface area contributed by atoms with Crippen LogP contribution < -0.4 is 10.1 Å². The first-order valence-electron chi connectivity index (χ1n) is 9.12. The zero-order chi connectivity index (χ0) is 19.1. The third kappa shape index (κ3) is 5.17. The molecule has 4 nitrogen and oxygen atoms in total. The van der Waals surface area contributed by atoms with Gasteiger partial charge in [-0.05, 0) is 47.4 Å². The molecule has 0 radical (unpaired) electrons. The molecule has 0 fully saturated rings. The van der Waals surface area contributed by atoms with Crippen molar-refractivity contribution in [1.29, 1.82) is 0 Å². The van der Waals surface area contributed by atoms with Gasteiger partial charge in [0.1, 0.15) is 5.75 Å². The number of ether oxygens (including phenoxy) is 1. The molecule has 0 spiro atoms. The maximum Gasteiger partial charge on any atom is 0.252 e. The Bertz CT molecular complexity index is 824. The summed E-state index contributed by atoms with van der Waals surface area (Å²) in [5.74, 6) is 0.990. The Labute approximate surface area is 160 Å². The van der Waals surface area contributed by atoms with Gasteiger partial charge in [-0.25, -0.2) is 0 Å². The Morgan fingerprint density at radius 1 is 0.963 bits per heavy atom. The molecule has 0 saturated carbocycles. The smallest absolute Gasteiger partial charge is 0.252 e. The van der Waals surface area contributed by atoms with Crippen molar-refractivity contribution in [3.63, 3.8) is 0 Å². The predicted octanol–water partition coefficient (Wildman–Crippen LogP) is 4.64. The van der Waals surface area contributed by atoms with Gasteiger partial charge in [-0.3, -0.25) is 9.78 Å². The van der Waals surface area contributed by atoms with E-state index >= 15 is 0 Å². The van der Waals surface area contributed by atoms with Gasteiger partial charge in [0, 0.05) is 18.0 Å². The van der Waals surface area contributed by atoms with Crippen LogP contribution in [0.15, 0.2) is 79.1 Å². The van der Waals surface area contributed by atoms with Crippen LogP contribution in [0.5, 0.6) is 5.75 Å². The van der Waals surface area contributed by atoms with Crippen molar-refractivity contribution >= 4 is 5.91 Å². The topological polar surface area (TPSA) is 51.2 Å². The average molecular weight is 360 g/mol. The Morgan fingerprint density at radius 3 is 2.37 bits per heavy atom. The number of pyridine rings is 1. The lowest BCUT2D eigenvalue weighted by molar-refractivity contribution is 0.0942. The van der Waals surface area contributed by atoms with E-state index in [4.69, 9.17) is 4.74 Å². The summed E-state index contributed by atoms with van der Waals surface area (Å²) in [4.78, 5) is 17.0. The van der Waals surface area contributed by atoms with E-state index in [0.29, 0.717) is 23.8 Å². The molecule has 138 valence electrons. The van der Waals surface area contributed by atoms with Gasteiger partial charge in [0.25, 0.3) is 5.91 Å². The normalized spacial score (nSPS) is 11.8. The number of hydrogen-bond donors (Lipinski definition) is 1.